The number of rotatable bonds is 2. The molecule has 3 nitrogen and oxygen atoms in total. The summed E-state index contributed by atoms with van der Waals surface area (Å²) in [6.45, 7) is 4.80. The molecule has 0 rings (SSSR count). The Morgan fingerprint density at radius 3 is 2.38 bits per heavy atom. The summed E-state index contributed by atoms with van der Waals surface area (Å²) in [5, 5.41) is 0. The molecule has 0 bridgehead atoms. The van der Waals surface area contributed by atoms with Crippen LogP contribution in [0.5, 0.6) is 0 Å². The SMILES string of the molecule is C=C(C)C(=O)[O][Zr]=[O]. The first-order valence-electron chi connectivity index (χ1n) is 1.92. The van der Waals surface area contributed by atoms with E-state index < -0.39 is 29.6 Å². The molecule has 0 N–H and O–H groups in total. The van der Waals surface area contributed by atoms with Gasteiger partial charge in [-0.3, -0.25) is 0 Å². The molecular formula is C4H5O3Zr. The van der Waals surface area contributed by atoms with Gasteiger partial charge in [-0.15, -0.1) is 0 Å². The van der Waals surface area contributed by atoms with Crippen LogP contribution in [0.15, 0.2) is 12.2 Å². The predicted octanol–water partition coefficient (Wildman–Crippen LogP) is 0.449. The first-order valence-corrected chi connectivity index (χ1v) is 3.93. The van der Waals surface area contributed by atoms with E-state index in [9.17, 15) is 7.61 Å². The van der Waals surface area contributed by atoms with Gasteiger partial charge in [0.1, 0.15) is 0 Å². The van der Waals surface area contributed by atoms with Crippen molar-refractivity contribution in [2.24, 2.45) is 0 Å². The van der Waals surface area contributed by atoms with Crippen molar-refractivity contribution in [1.82, 2.24) is 0 Å². The van der Waals surface area contributed by atoms with E-state index in [1.165, 1.54) is 6.92 Å². The van der Waals surface area contributed by atoms with Crippen molar-refractivity contribution in [3.63, 3.8) is 0 Å². The molecule has 0 aromatic heterocycles. The monoisotopic (exact) mass is 191 g/mol. The molecule has 0 saturated heterocycles. The van der Waals surface area contributed by atoms with E-state index in [0.717, 1.165) is 0 Å². The van der Waals surface area contributed by atoms with Crippen LogP contribution in [-0.4, -0.2) is 5.97 Å². The van der Waals surface area contributed by atoms with Crippen LogP contribution in [0.1, 0.15) is 6.92 Å². The van der Waals surface area contributed by atoms with Crippen LogP contribution in [0.2, 0.25) is 0 Å². The van der Waals surface area contributed by atoms with Crippen molar-refractivity contribution < 1.29 is 34.1 Å². The zero-order valence-corrected chi connectivity index (χ0v) is 6.89. The summed E-state index contributed by atoms with van der Waals surface area (Å²) in [5.41, 5.74) is 0.293. The van der Waals surface area contributed by atoms with Crippen LogP contribution in [-0.2, 0) is 34.1 Å². The summed E-state index contributed by atoms with van der Waals surface area (Å²) in [5.74, 6) is -0.549. The van der Waals surface area contributed by atoms with Crippen molar-refractivity contribution in [3.8, 4) is 0 Å². The molecule has 0 unspecified atom stereocenters. The Morgan fingerprint density at radius 1 is 1.75 bits per heavy atom. The standard InChI is InChI=1S/C4H6O2.O.Zr/c1-3(2)4(5)6;;/h1H2,2H3,(H,5,6);;/q;;+1/p-1. The van der Waals surface area contributed by atoms with E-state index in [-0.39, 0.29) is 0 Å². The van der Waals surface area contributed by atoms with Gasteiger partial charge in [0.05, 0.1) is 0 Å². The van der Waals surface area contributed by atoms with Crippen LogP contribution in [0.25, 0.3) is 0 Å². The van der Waals surface area contributed by atoms with Crippen molar-refractivity contribution in [2.45, 2.75) is 6.92 Å². The molecule has 0 aliphatic heterocycles. The van der Waals surface area contributed by atoms with Gasteiger partial charge >= 0.3 is 59.1 Å². The summed E-state index contributed by atoms with van der Waals surface area (Å²) in [6.07, 6.45) is 0. The predicted molar refractivity (Wildman–Crippen MR) is 21.6 cm³/mol. The molecule has 0 fully saturated rings. The van der Waals surface area contributed by atoms with Gasteiger partial charge in [-0.2, -0.15) is 0 Å². The first-order chi connectivity index (χ1) is 3.68. The molecule has 0 aliphatic rings. The Kier molecular flexibility index (Phi) is 3.79. The van der Waals surface area contributed by atoms with Crippen molar-refractivity contribution in [3.05, 3.63) is 12.2 Å². The van der Waals surface area contributed by atoms with Gasteiger partial charge in [-0.1, -0.05) is 0 Å². The average molecular weight is 192 g/mol. The fourth-order valence-corrected chi connectivity index (χ4v) is 0.739. The third kappa shape index (κ3) is 2.97. The molecule has 0 spiro atoms. The fraction of sp³-hybridized carbons (Fsp3) is 0.250. The van der Waals surface area contributed by atoms with Gasteiger partial charge in [0.25, 0.3) is 0 Å². The Labute approximate surface area is 59.3 Å². The molecule has 0 aliphatic carbocycles. The zero-order valence-electron chi connectivity index (χ0n) is 4.43. The summed E-state index contributed by atoms with van der Waals surface area (Å²) >= 11 is -2.06. The van der Waals surface area contributed by atoms with E-state index in [1.54, 1.807) is 0 Å². The van der Waals surface area contributed by atoms with Gasteiger partial charge in [-0.25, -0.2) is 0 Å². The number of hydrogen-bond acceptors (Lipinski definition) is 3. The Balaban J connectivity index is 3.65. The van der Waals surface area contributed by atoms with Crippen molar-refractivity contribution >= 4 is 5.97 Å². The Morgan fingerprint density at radius 2 is 2.25 bits per heavy atom. The molecule has 8 heavy (non-hydrogen) atoms. The van der Waals surface area contributed by atoms with Crippen LogP contribution < -0.4 is 0 Å². The maximum absolute atomic E-state index is 10.3. The van der Waals surface area contributed by atoms with E-state index >= 15 is 0 Å². The van der Waals surface area contributed by atoms with E-state index in [0.29, 0.717) is 5.57 Å². The third-order valence-electron chi connectivity index (χ3n) is 0.483. The Bertz CT molecular complexity index is 129. The number of carbonyl (C=O) groups is 1. The molecule has 43 valence electrons. The molecule has 0 radical (unpaired) electrons. The van der Waals surface area contributed by atoms with Crippen molar-refractivity contribution in [2.75, 3.05) is 0 Å². The zero-order chi connectivity index (χ0) is 6.57. The summed E-state index contributed by atoms with van der Waals surface area (Å²) in [6, 6.07) is 0. The van der Waals surface area contributed by atoms with Crippen LogP contribution in [0.4, 0.5) is 0 Å². The fourth-order valence-electron chi connectivity index (χ4n) is 0.125. The summed E-state index contributed by atoms with van der Waals surface area (Å²) in [7, 11) is 0. The summed E-state index contributed by atoms with van der Waals surface area (Å²) < 4.78 is 13.9. The van der Waals surface area contributed by atoms with Crippen molar-refractivity contribution in [1.29, 1.82) is 0 Å². The van der Waals surface area contributed by atoms with Crippen LogP contribution in [0.3, 0.4) is 0 Å². The molecule has 0 amide bonds. The molecule has 0 atom stereocenters. The third-order valence-corrected chi connectivity index (χ3v) is 1.14. The second kappa shape index (κ2) is 3.84. The molecule has 0 saturated carbocycles. The molecular weight excluding hydrogens is 187 g/mol. The second-order valence-electron chi connectivity index (χ2n) is 1.25. The molecule has 0 aromatic carbocycles. The topological polar surface area (TPSA) is 43.4 Å². The summed E-state index contributed by atoms with van der Waals surface area (Å²) in [4.78, 5) is 10.3. The van der Waals surface area contributed by atoms with E-state index in [2.05, 4.69) is 9.39 Å². The molecule has 0 heterocycles. The van der Waals surface area contributed by atoms with Gasteiger partial charge in [-0.05, 0) is 0 Å². The number of carbonyl (C=O) groups excluding carboxylic acids is 1. The first kappa shape index (κ1) is 7.89. The van der Waals surface area contributed by atoms with Crippen LogP contribution >= 0.6 is 0 Å². The minimum absolute atomic E-state index is 0.293. The second-order valence-corrected chi connectivity index (χ2v) is 2.16. The quantitative estimate of drug-likeness (QED) is 0.597. The van der Waals surface area contributed by atoms with E-state index in [4.69, 9.17) is 0 Å². The van der Waals surface area contributed by atoms with Gasteiger partial charge in [0.15, 0.2) is 0 Å². The van der Waals surface area contributed by atoms with E-state index in [1.807, 2.05) is 0 Å². The van der Waals surface area contributed by atoms with Crippen LogP contribution in [0, 0.1) is 0 Å². The maximum atomic E-state index is 10.3. The average Bonchev–Trinajstić information content (AvgIpc) is 1.67. The normalized spacial score (nSPS) is 7.12. The van der Waals surface area contributed by atoms with Gasteiger partial charge in [0, 0.05) is 0 Å². The molecule has 4 heteroatoms. The minimum atomic E-state index is -2.06. The van der Waals surface area contributed by atoms with Gasteiger partial charge < -0.3 is 0 Å². The number of hydrogen-bond donors (Lipinski definition) is 0. The Hall–Kier alpha value is -0.107. The van der Waals surface area contributed by atoms with Gasteiger partial charge in [0.2, 0.25) is 0 Å². The molecule has 0 aromatic rings.